The van der Waals surface area contributed by atoms with Gasteiger partial charge in [0, 0.05) is 30.8 Å². The minimum Gasteiger partial charge on any atom is -0.497 e. The van der Waals surface area contributed by atoms with E-state index in [0.29, 0.717) is 30.0 Å². The van der Waals surface area contributed by atoms with Crippen molar-refractivity contribution in [2.45, 2.75) is 30.7 Å². The maximum absolute atomic E-state index is 12.9. The van der Waals surface area contributed by atoms with Crippen LogP contribution in [0.2, 0.25) is 0 Å². The van der Waals surface area contributed by atoms with Gasteiger partial charge in [0.25, 0.3) is 0 Å². The molecule has 9 nitrogen and oxygen atoms in total. The predicted octanol–water partition coefficient (Wildman–Crippen LogP) is 2.25. The number of amides is 2. The molecule has 10 heteroatoms. The number of benzene rings is 2. The van der Waals surface area contributed by atoms with Crippen LogP contribution >= 0.6 is 0 Å². The molecule has 0 saturated carbocycles. The highest BCUT2D eigenvalue weighted by molar-refractivity contribution is 7.89. The first-order valence-corrected chi connectivity index (χ1v) is 12.1. The molecule has 33 heavy (non-hydrogen) atoms. The smallest absolute Gasteiger partial charge is 0.246 e. The average Bonchev–Trinajstić information content (AvgIpc) is 2.84. The van der Waals surface area contributed by atoms with E-state index in [2.05, 4.69) is 10.6 Å². The normalized spacial score (nSPS) is 16.0. The summed E-state index contributed by atoms with van der Waals surface area (Å²) < 4.78 is 37.3. The molecule has 0 unspecified atom stereocenters. The average molecular weight is 476 g/mol. The van der Waals surface area contributed by atoms with E-state index in [0.717, 1.165) is 0 Å². The molecule has 1 fully saturated rings. The molecule has 178 valence electrons. The van der Waals surface area contributed by atoms with Gasteiger partial charge in [-0.15, -0.1) is 0 Å². The van der Waals surface area contributed by atoms with Gasteiger partial charge in [0.05, 0.1) is 19.1 Å². The molecule has 0 spiro atoms. The summed E-state index contributed by atoms with van der Waals surface area (Å²) in [6.45, 7) is 2.07. The Balaban J connectivity index is 1.52. The van der Waals surface area contributed by atoms with Crippen molar-refractivity contribution < 1.29 is 27.5 Å². The minimum absolute atomic E-state index is 0.189. The van der Waals surface area contributed by atoms with Gasteiger partial charge < -0.3 is 20.1 Å². The molecule has 0 aromatic heterocycles. The Hall–Kier alpha value is -3.11. The highest BCUT2D eigenvalue weighted by Crippen LogP contribution is 2.25. The zero-order chi connectivity index (χ0) is 24.0. The lowest BCUT2D eigenvalue weighted by atomic mass is 9.97. The van der Waals surface area contributed by atoms with Crippen LogP contribution in [0.3, 0.4) is 0 Å². The van der Waals surface area contributed by atoms with Gasteiger partial charge in [0.15, 0.2) is 0 Å². The third-order valence-electron chi connectivity index (χ3n) is 5.61. The quantitative estimate of drug-likeness (QED) is 0.605. The van der Waals surface area contributed by atoms with E-state index in [9.17, 15) is 18.0 Å². The van der Waals surface area contributed by atoms with Crippen LogP contribution in [0.5, 0.6) is 11.5 Å². The number of hydrogen-bond donors (Lipinski definition) is 2. The molecular formula is C23H29N3O6S. The van der Waals surface area contributed by atoms with E-state index in [1.165, 1.54) is 30.7 Å². The Labute approximate surface area is 194 Å². The first-order valence-electron chi connectivity index (χ1n) is 10.6. The monoisotopic (exact) mass is 475 g/mol. The fourth-order valence-corrected chi connectivity index (χ4v) is 5.07. The summed E-state index contributed by atoms with van der Waals surface area (Å²) in [5.74, 6) is 0.218. The van der Waals surface area contributed by atoms with Gasteiger partial charge in [0.1, 0.15) is 17.5 Å². The number of rotatable bonds is 8. The Kier molecular flexibility index (Phi) is 7.93. The lowest BCUT2D eigenvalue weighted by molar-refractivity contribution is -0.129. The molecule has 3 rings (SSSR count). The second-order valence-electron chi connectivity index (χ2n) is 7.81. The molecular weight excluding hydrogens is 446 g/mol. The molecule has 0 radical (unpaired) electrons. The molecule has 2 aromatic rings. The SMILES string of the molecule is COc1ccc(S(=O)(=O)N2CCC(C(=O)N[C@@H](C)C(=O)Nc3cccc(OC)c3)CC2)cc1. The van der Waals surface area contributed by atoms with Crippen molar-refractivity contribution in [1.29, 1.82) is 0 Å². The van der Waals surface area contributed by atoms with Gasteiger partial charge in [0.2, 0.25) is 21.8 Å². The second-order valence-corrected chi connectivity index (χ2v) is 9.74. The highest BCUT2D eigenvalue weighted by Gasteiger charge is 2.33. The number of nitrogens with one attached hydrogen (secondary N) is 2. The van der Waals surface area contributed by atoms with Crippen molar-refractivity contribution in [2.75, 3.05) is 32.6 Å². The van der Waals surface area contributed by atoms with Crippen LogP contribution in [0.4, 0.5) is 5.69 Å². The Morgan fingerprint density at radius 3 is 2.24 bits per heavy atom. The molecule has 0 bridgehead atoms. The minimum atomic E-state index is -3.64. The molecule has 2 amide bonds. The number of piperidine rings is 1. The van der Waals surface area contributed by atoms with E-state index in [4.69, 9.17) is 9.47 Å². The molecule has 1 aliphatic heterocycles. The van der Waals surface area contributed by atoms with Gasteiger partial charge in [-0.25, -0.2) is 8.42 Å². The summed E-state index contributed by atoms with van der Waals surface area (Å²) in [6.07, 6.45) is 0.761. The summed E-state index contributed by atoms with van der Waals surface area (Å²) in [5.41, 5.74) is 0.567. The van der Waals surface area contributed by atoms with Crippen LogP contribution in [-0.4, -0.2) is 57.9 Å². The summed E-state index contributed by atoms with van der Waals surface area (Å²) >= 11 is 0. The molecule has 1 atom stereocenters. The number of carbonyl (C=O) groups excluding carboxylic acids is 2. The van der Waals surface area contributed by atoms with Crippen molar-refractivity contribution in [3.05, 3.63) is 48.5 Å². The Morgan fingerprint density at radius 1 is 1.00 bits per heavy atom. The fourth-order valence-electron chi connectivity index (χ4n) is 3.60. The summed E-state index contributed by atoms with van der Waals surface area (Å²) in [4.78, 5) is 25.3. The van der Waals surface area contributed by atoms with Crippen LogP contribution in [0.15, 0.2) is 53.4 Å². The summed E-state index contributed by atoms with van der Waals surface area (Å²) in [7, 11) is -0.586. The van der Waals surface area contributed by atoms with Crippen molar-refractivity contribution in [2.24, 2.45) is 5.92 Å². The molecule has 1 saturated heterocycles. The largest absolute Gasteiger partial charge is 0.497 e. The van der Waals surface area contributed by atoms with E-state index in [-0.39, 0.29) is 35.7 Å². The topological polar surface area (TPSA) is 114 Å². The van der Waals surface area contributed by atoms with Gasteiger partial charge in [-0.1, -0.05) is 6.07 Å². The zero-order valence-corrected chi connectivity index (χ0v) is 19.7. The van der Waals surface area contributed by atoms with Crippen molar-refractivity contribution in [1.82, 2.24) is 9.62 Å². The fraction of sp³-hybridized carbons (Fsp3) is 0.391. The molecule has 0 aliphatic carbocycles. The van der Waals surface area contributed by atoms with Crippen LogP contribution in [0, 0.1) is 5.92 Å². The number of methoxy groups -OCH3 is 2. The van der Waals surface area contributed by atoms with E-state index < -0.39 is 16.1 Å². The van der Waals surface area contributed by atoms with Crippen LogP contribution < -0.4 is 20.1 Å². The van der Waals surface area contributed by atoms with Gasteiger partial charge in [-0.2, -0.15) is 4.31 Å². The third kappa shape index (κ3) is 6.02. The van der Waals surface area contributed by atoms with Crippen molar-refractivity contribution >= 4 is 27.5 Å². The number of sulfonamides is 1. The molecule has 1 heterocycles. The molecule has 2 N–H and O–H groups in total. The number of nitrogens with zero attached hydrogens (tertiary/aromatic N) is 1. The molecule has 2 aromatic carbocycles. The predicted molar refractivity (Wildman–Crippen MR) is 124 cm³/mol. The first-order chi connectivity index (χ1) is 15.7. The Morgan fingerprint density at radius 2 is 1.64 bits per heavy atom. The second kappa shape index (κ2) is 10.7. The van der Waals surface area contributed by atoms with E-state index in [1.54, 1.807) is 43.3 Å². The number of ether oxygens (including phenoxy) is 2. The Bertz CT molecular complexity index is 1080. The van der Waals surface area contributed by atoms with Crippen LogP contribution in [0.25, 0.3) is 0 Å². The summed E-state index contributed by atoms with van der Waals surface area (Å²) in [5, 5.41) is 5.48. The number of anilines is 1. The van der Waals surface area contributed by atoms with Gasteiger partial charge >= 0.3 is 0 Å². The van der Waals surface area contributed by atoms with Gasteiger partial charge in [-0.05, 0) is 56.2 Å². The van der Waals surface area contributed by atoms with Gasteiger partial charge in [-0.3, -0.25) is 9.59 Å². The third-order valence-corrected chi connectivity index (χ3v) is 7.52. The van der Waals surface area contributed by atoms with E-state index in [1.807, 2.05) is 0 Å². The van der Waals surface area contributed by atoms with Crippen LogP contribution in [-0.2, 0) is 19.6 Å². The zero-order valence-electron chi connectivity index (χ0n) is 18.9. The highest BCUT2D eigenvalue weighted by atomic mass is 32.2. The maximum atomic E-state index is 12.9. The maximum Gasteiger partial charge on any atom is 0.246 e. The van der Waals surface area contributed by atoms with Crippen molar-refractivity contribution in [3.63, 3.8) is 0 Å². The van der Waals surface area contributed by atoms with Crippen LogP contribution in [0.1, 0.15) is 19.8 Å². The lowest BCUT2D eigenvalue weighted by Gasteiger charge is -2.31. The van der Waals surface area contributed by atoms with E-state index >= 15 is 0 Å². The number of carbonyl (C=O) groups is 2. The summed E-state index contributed by atoms with van der Waals surface area (Å²) in [6, 6.07) is 12.4. The number of hydrogen-bond acceptors (Lipinski definition) is 6. The first kappa shape index (κ1) is 24.5. The molecule has 1 aliphatic rings. The lowest BCUT2D eigenvalue weighted by Crippen LogP contribution is -2.47. The standard InChI is InChI=1S/C23H29N3O6S/c1-16(22(27)25-18-5-4-6-20(15-18)32-3)24-23(28)17-11-13-26(14-12-17)33(29,30)21-9-7-19(31-2)8-10-21/h4-10,15-17H,11-14H2,1-3H3,(H,24,28)(H,25,27)/t16-/m0/s1. The van der Waals surface area contributed by atoms with Crippen molar-refractivity contribution in [3.8, 4) is 11.5 Å².